The Morgan fingerprint density at radius 2 is 2.04 bits per heavy atom. The molecule has 0 spiro atoms. The van der Waals surface area contributed by atoms with Crippen molar-refractivity contribution in [2.75, 3.05) is 20.2 Å². The van der Waals surface area contributed by atoms with Gasteiger partial charge in [-0.05, 0) is 36.4 Å². The lowest BCUT2D eigenvalue weighted by molar-refractivity contribution is 0.0707. The Bertz CT molecular complexity index is 1020. The lowest BCUT2D eigenvalue weighted by Gasteiger charge is -2.32. The number of H-pyrrole nitrogens is 1. The number of thiophene rings is 1. The lowest BCUT2D eigenvalue weighted by Crippen LogP contribution is -2.38. The molecule has 0 unspecified atom stereocenters. The molecule has 0 radical (unpaired) electrons. The van der Waals surface area contributed by atoms with Crippen molar-refractivity contribution in [3.8, 4) is 17.0 Å². The third-order valence-corrected chi connectivity index (χ3v) is 5.77. The van der Waals surface area contributed by atoms with Gasteiger partial charge >= 0.3 is 0 Å². The highest BCUT2D eigenvalue weighted by Crippen LogP contribution is 2.29. The van der Waals surface area contributed by atoms with E-state index >= 15 is 0 Å². The average molecular weight is 395 g/mol. The van der Waals surface area contributed by atoms with Crippen LogP contribution in [-0.2, 0) is 0 Å². The van der Waals surface area contributed by atoms with Crippen LogP contribution in [-0.4, -0.2) is 41.0 Å². The fraction of sp³-hybridized carbons (Fsp3) is 0.286. The van der Waals surface area contributed by atoms with Gasteiger partial charge in [0, 0.05) is 36.0 Å². The smallest absolute Gasteiger partial charge is 0.257 e. The molecule has 1 N–H and O–H groups in total. The predicted octanol–water partition coefficient (Wildman–Crippen LogP) is 3.53. The number of carbonyl (C=O) groups is 1. The van der Waals surface area contributed by atoms with Crippen LogP contribution < -0.4 is 10.3 Å². The predicted molar refractivity (Wildman–Crippen MR) is 109 cm³/mol. The van der Waals surface area contributed by atoms with Crippen LogP contribution in [0.25, 0.3) is 11.3 Å². The highest BCUT2D eigenvalue weighted by atomic mass is 32.1. The maximum Gasteiger partial charge on any atom is 0.257 e. The van der Waals surface area contributed by atoms with Crippen LogP contribution in [0, 0.1) is 0 Å². The number of amides is 1. The third-order valence-electron chi connectivity index (χ3n) is 5.08. The van der Waals surface area contributed by atoms with Crippen molar-refractivity contribution in [2.24, 2.45) is 0 Å². The van der Waals surface area contributed by atoms with Gasteiger partial charge in [-0.25, -0.2) is 4.98 Å². The van der Waals surface area contributed by atoms with Crippen molar-refractivity contribution in [1.29, 1.82) is 0 Å². The van der Waals surface area contributed by atoms with Crippen LogP contribution in [0.1, 0.15) is 34.9 Å². The number of aromatic amines is 1. The largest absolute Gasteiger partial charge is 0.496 e. The van der Waals surface area contributed by atoms with Gasteiger partial charge in [0.05, 0.1) is 18.4 Å². The van der Waals surface area contributed by atoms with E-state index in [1.165, 1.54) is 6.07 Å². The van der Waals surface area contributed by atoms with Gasteiger partial charge in [0.25, 0.3) is 11.5 Å². The van der Waals surface area contributed by atoms with E-state index in [4.69, 9.17) is 4.74 Å². The molecule has 2 aromatic heterocycles. The Morgan fingerprint density at radius 1 is 1.25 bits per heavy atom. The van der Waals surface area contributed by atoms with Gasteiger partial charge in [-0.15, -0.1) is 0 Å². The van der Waals surface area contributed by atoms with Crippen molar-refractivity contribution < 1.29 is 9.53 Å². The zero-order valence-electron chi connectivity index (χ0n) is 15.6. The fourth-order valence-electron chi connectivity index (χ4n) is 3.58. The van der Waals surface area contributed by atoms with Gasteiger partial charge in [-0.2, -0.15) is 11.3 Å². The Balaban J connectivity index is 1.49. The van der Waals surface area contributed by atoms with Crippen molar-refractivity contribution in [1.82, 2.24) is 14.9 Å². The molecular formula is C21H21N3O3S. The minimum Gasteiger partial charge on any atom is -0.496 e. The van der Waals surface area contributed by atoms with E-state index in [1.807, 2.05) is 33.9 Å². The number of benzene rings is 1. The molecule has 4 rings (SSSR count). The zero-order valence-corrected chi connectivity index (χ0v) is 16.4. The third kappa shape index (κ3) is 3.71. The minimum atomic E-state index is -0.140. The van der Waals surface area contributed by atoms with Crippen LogP contribution in [0.4, 0.5) is 0 Å². The molecule has 0 atom stereocenters. The summed E-state index contributed by atoms with van der Waals surface area (Å²) in [5.41, 5.74) is 2.10. The van der Waals surface area contributed by atoms with Crippen LogP contribution in [0.3, 0.4) is 0 Å². The van der Waals surface area contributed by atoms with Gasteiger partial charge in [0.15, 0.2) is 0 Å². The second-order valence-corrected chi connectivity index (χ2v) is 7.57. The van der Waals surface area contributed by atoms with Crippen LogP contribution in [0.15, 0.2) is 52.0 Å². The number of rotatable bonds is 4. The summed E-state index contributed by atoms with van der Waals surface area (Å²) in [6.45, 7) is 1.24. The Morgan fingerprint density at radius 3 is 2.75 bits per heavy atom. The molecule has 1 aliphatic heterocycles. The number of nitrogens with one attached hydrogen (secondary N) is 1. The normalized spacial score (nSPS) is 14.8. The van der Waals surface area contributed by atoms with E-state index in [-0.39, 0.29) is 17.4 Å². The second-order valence-electron chi connectivity index (χ2n) is 6.79. The summed E-state index contributed by atoms with van der Waals surface area (Å²) in [6.07, 6.45) is 1.52. The summed E-state index contributed by atoms with van der Waals surface area (Å²) in [7, 11) is 1.57. The second kappa shape index (κ2) is 7.98. The summed E-state index contributed by atoms with van der Waals surface area (Å²) in [6, 6.07) is 10.8. The first kappa shape index (κ1) is 18.4. The Hall–Kier alpha value is -2.93. The van der Waals surface area contributed by atoms with Gasteiger partial charge in [0.2, 0.25) is 0 Å². The SMILES string of the molecule is COc1ccccc1C(=O)N1CCC(c2nc(-c3ccsc3)cc(=O)[nH]2)CC1. The average Bonchev–Trinajstić information content (AvgIpc) is 3.28. The summed E-state index contributed by atoms with van der Waals surface area (Å²) >= 11 is 1.58. The van der Waals surface area contributed by atoms with Crippen molar-refractivity contribution >= 4 is 17.2 Å². The first-order chi connectivity index (χ1) is 13.7. The molecule has 0 bridgehead atoms. The topological polar surface area (TPSA) is 75.3 Å². The maximum absolute atomic E-state index is 12.9. The first-order valence-corrected chi connectivity index (χ1v) is 10.2. The molecule has 28 heavy (non-hydrogen) atoms. The standard InChI is InChI=1S/C21H21N3O3S/c1-27-18-5-3-2-4-16(18)21(26)24-9-6-14(7-10-24)20-22-17(12-19(25)23-20)15-8-11-28-13-15/h2-5,8,11-14H,6-7,9-10H2,1H3,(H,22,23,25). The number of methoxy groups -OCH3 is 1. The van der Waals surface area contributed by atoms with Crippen molar-refractivity contribution in [2.45, 2.75) is 18.8 Å². The molecule has 1 aromatic carbocycles. The molecule has 144 valence electrons. The lowest BCUT2D eigenvalue weighted by atomic mass is 9.95. The molecule has 0 aliphatic carbocycles. The van der Waals surface area contributed by atoms with Gasteiger partial charge in [0.1, 0.15) is 11.6 Å². The molecule has 1 aliphatic rings. The molecule has 3 aromatic rings. The maximum atomic E-state index is 12.9. The van der Waals surface area contributed by atoms with Gasteiger partial charge < -0.3 is 14.6 Å². The number of para-hydroxylation sites is 1. The van der Waals surface area contributed by atoms with Crippen LogP contribution in [0.2, 0.25) is 0 Å². The molecule has 1 amide bonds. The first-order valence-electron chi connectivity index (χ1n) is 9.22. The summed E-state index contributed by atoms with van der Waals surface area (Å²) in [5, 5.41) is 3.96. The van der Waals surface area contributed by atoms with Crippen molar-refractivity contribution in [3.05, 3.63) is 68.9 Å². The van der Waals surface area contributed by atoms with E-state index in [0.29, 0.717) is 35.9 Å². The number of likely N-dealkylation sites (tertiary alicyclic amines) is 1. The van der Waals surface area contributed by atoms with Crippen LogP contribution >= 0.6 is 11.3 Å². The number of aromatic nitrogens is 2. The number of hydrogen-bond donors (Lipinski definition) is 1. The van der Waals surface area contributed by atoms with Gasteiger partial charge in [-0.1, -0.05) is 12.1 Å². The molecule has 3 heterocycles. The van der Waals surface area contributed by atoms with E-state index in [1.54, 1.807) is 30.6 Å². The molecular weight excluding hydrogens is 374 g/mol. The number of ether oxygens (including phenoxy) is 1. The van der Waals surface area contributed by atoms with E-state index in [9.17, 15) is 9.59 Å². The Kier molecular flexibility index (Phi) is 5.25. The molecule has 0 saturated carbocycles. The number of hydrogen-bond acceptors (Lipinski definition) is 5. The highest BCUT2D eigenvalue weighted by Gasteiger charge is 2.27. The molecule has 1 saturated heterocycles. The Labute approximate surface area is 166 Å². The minimum absolute atomic E-state index is 0.0237. The van der Waals surface area contributed by atoms with E-state index < -0.39 is 0 Å². The molecule has 6 nitrogen and oxygen atoms in total. The van der Waals surface area contributed by atoms with Crippen molar-refractivity contribution in [3.63, 3.8) is 0 Å². The molecule has 7 heteroatoms. The van der Waals surface area contributed by atoms with E-state index in [0.717, 1.165) is 18.4 Å². The highest BCUT2D eigenvalue weighted by molar-refractivity contribution is 7.08. The number of nitrogens with zero attached hydrogens (tertiary/aromatic N) is 2. The number of carbonyl (C=O) groups excluding carboxylic acids is 1. The van der Waals surface area contributed by atoms with Crippen LogP contribution in [0.5, 0.6) is 5.75 Å². The quantitative estimate of drug-likeness (QED) is 0.733. The summed E-state index contributed by atoms with van der Waals surface area (Å²) in [5.74, 6) is 1.40. The monoisotopic (exact) mass is 395 g/mol. The summed E-state index contributed by atoms with van der Waals surface area (Å²) in [4.78, 5) is 34.4. The summed E-state index contributed by atoms with van der Waals surface area (Å²) < 4.78 is 5.31. The van der Waals surface area contributed by atoms with Gasteiger partial charge in [-0.3, -0.25) is 9.59 Å². The fourth-order valence-corrected chi connectivity index (χ4v) is 4.23. The van der Waals surface area contributed by atoms with E-state index in [2.05, 4.69) is 9.97 Å². The zero-order chi connectivity index (χ0) is 19.5. The molecule has 1 fully saturated rings. The number of piperidine rings is 1.